The van der Waals surface area contributed by atoms with Gasteiger partial charge in [0.1, 0.15) is 24.5 Å². The first-order chi connectivity index (χ1) is 40.5. The number of rotatable bonds is 26. The molecule has 4 aliphatic rings. The topological polar surface area (TPSA) is 332 Å². The lowest BCUT2D eigenvalue weighted by atomic mass is 9.81. The Hall–Kier alpha value is -8.71. The summed E-state index contributed by atoms with van der Waals surface area (Å²) in [6, 6.07) is 8.57. The predicted molar refractivity (Wildman–Crippen MR) is 304 cm³/mol. The molecule has 0 unspecified atom stereocenters. The number of aromatic nitrogens is 2. The van der Waals surface area contributed by atoms with E-state index in [0.29, 0.717) is 76.7 Å². The first-order valence-electron chi connectivity index (χ1n) is 28.5. The van der Waals surface area contributed by atoms with Gasteiger partial charge in [-0.3, -0.25) is 52.8 Å². The number of carbonyl (C=O) groups is 10. The molecular formula is C60H71FN10O14. The van der Waals surface area contributed by atoms with Gasteiger partial charge in [0.15, 0.2) is 5.60 Å². The van der Waals surface area contributed by atoms with Crippen LogP contribution in [0.3, 0.4) is 0 Å². The number of nitrogens with one attached hydrogen (secondary N) is 7. The summed E-state index contributed by atoms with van der Waals surface area (Å²) in [6.45, 7) is 6.95. The second kappa shape index (κ2) is 26.9. The van der Waals surface area contributed by atoms with Crippen LogP contribution in [0.1, 0.15) is 124 Å². The number of hydrogen-bond donors (Lipinski definition) is 8. The van der Waals surface area contributed by atoms with Crippen LogP contribution in [-0.4, -0.2) is 136 Å². The Balaban J connectivity index is 0.827. The molecule has 1 aliphatic carbocycles. The van der Waals surface area contributed by atoms with Gasteiger partial charge < -0.3 is 56.4 Å². The van der Waals surface area contributed by atoms with Crippen LogP contribution in [0.5, 0.6) is 0 Å². The number of amides is 9. The maximum Gasteiger partial charge on any atom is 0.343 e. The third kappa shape index (κ3) is 14.8. The minimum Gasteiger partial charge on any atom is -0.458 e. The molecule has 0 radical (unpaired) electrons. The van der Waals surface area contributed by atoms with Gasteiger partial charge in [0.2, 0.25) is 41.4 Å². The molecule has 4 atom stereocenters. The summed E-state index contributed by atoms with van der Waals surface area (Å²) in [5.74, 6) is -6.29. The Morgan fingerprint density at radius 2 is 1.47 bits per heavy atom. The zero-order valence-electron chi connectivity index (χ0n) is 48.1. The molecule has 0 bridgehead atoms. The Morgan fingerprint density at radius 3 is 2.19 bits per heavy atom. The molecule has 8 N–H and O–H groups in total. The number of hydrogen-bond acceptors (Lipinski definition) is 15. The number of pyridine rings is 2. The molecule has 4 aromatic rings. The van der Waals surface area contributed by atoms with Gasteiger partial charge >= 0.3 is 5.97 Å². The molecule has 85 heavy (non-hydrogen) atoms. The van der Waals surface area contributed by atoms with Crippen LogP contribution < -0.4 is 42.8 Å². The quantitative estimate of drug-likeness (QED) is 0.0220. The van der Waals surface area contributed by atoms with Crippen LogP contribution >= 0.6 is 0 Å². The van der Waals surface area contributed by atoms with Gasteiger partial charge in [0.05, 0.1) is 66.9 Å². The molecule has 5 heterocycles. The monoisotopic (exact) mass is 1170 g/mol. The number of nitrogens with zero attached hydrogens (tertiary/aromatic N) is 3. The van der Waals surface area contributed by atoms with Crippen molar-refractivity contribution in [1.29, 1.82) is 0 Å². The average molecular weight is 1180 g/mol. The van der Waals surface area contributed by atoms with E-state index < -0.39 is 108 Å². The molecule has 0 spiro atoms. The number of aryl methyl sites for hydroxylation is 1. The third-order valence-corrected chi connectivity index (χ3v) is 15.4. The summed E-state index contributed by atoms with van der Waals surface area (Å²) < 4.78 is 28.3. The van der Waals surface area contributed by atoms with E-state index in [1.807, 2.05) is 0 Å². The maximum atomic E-state index is 15.6. The van der Waals surface area contributed by atoms with E-state index >= 15 is 4.39 Å². The predicted octanol–water partition coefficient (Wildman–Crippen LogP) is 1.39. The van der Waals surface area contributed by atoms with Gasteiger partial charge in [-0.15, -0.1) is 0 Å². The van der Waals surface area contributed by atoms with Crippen molar-refractivity contribution >= 4 is 70.0 Å². The average Bonchev–Trinajstić information content (AvgIpc) is 2.88. The third-order valence-electron chi connectivity index (χ3n) is 15.4. The summed E-state index contributed by atoms with van der Waals surface area (Å²) in [5.41, 5.74) is 0.929. The fourth-order valence-electron chi connectivity index (χ4n) is 10.8. The zero-order valence-corrected chi connectivity index (χ0v) is 48.1. The summed E-state index contributed by atoms with van der Waals surface area (Å²) >= 11 is 0. The molecule has 9 amide bonds. The lowest BCUT2D eigenvalue weighted by molar-refractivity contribution is -0.172. The van der Waals surface area contributed by atoms with Crippen LogP contribution in [0.2, 0.25) is 0 Å². The number of benzene rings is 2. The first-order valence-corrected chi connectivity index (χ1v) is 28.5. The number of cyclic esters (lactones) is 1. The standard InChI is InChI=1S/C60H71FN10O14/c1-6-60(83)38-25-44-54-36(30-71(44)57(81)37(38)31-84-58(60)82)53-40(19-18-35-33(2)39(61)26-41(68-54)52(35)53)69-56(80)43(32-85-59(3,4)5)67-46(73)17-13-22-62-47(74)28-65-55(79)42(24-34-14-9-7-10-15-34)66-49(76)29-64-48(75)27-63-45(72)16-11-8-12-23-70-50(77)20-21-51(70)78/h7,9-10,14-15,20-21,25-26,40,42-43,83H,6,8,11-13,16-19,22-24,27-32H2,1-5H3,(H,62,74)(H,63,72)(H,64,75)(H,65,79)(H,66,76)(H,67,73)(H,69,80)/t40-,42-,43-,60-/m0/s1. The molecule has 25 heteroatoms. The number of ether oxygens (including phenoxy) is 2. The van der Waals surface area contributed by atoms with E-state index in [-0.39, 0.29) is 93.4 Å². The van der Waals surface area contributed by atoms with Gasteiger partial charge in [-0.2, -0.15) is 0 Å². The van der Waals surface area contributed by atoms with Crippen molar-refractivity contribution < 1.29 is 66.9 Å². The molecule has 0 saturated heterocycles. The van der Waals surface area contributed by atoms with Gasteiger partial charge in [0.25, 0.3) is 17.4 Å². The Kier molecular flexibility index (Phi) is 19.7. The molecule has 2 aromatic carbocycles. The molecular weight excluding hydrogens is 1100 g/mol. The Labute approximate surface area is 488 Å². The SMILES string of the molecule is CC[C@@]1(O)C(=O)OCc2c1cc1n(c2=O)Cc2c-1nc1cc(F)c(C)c3c1c2[C@@H](NC(=O)[C@H](COC(C)(C)C)NC(=O)CCCNC(=O)CNC(=O)[C@H](Cc1ccccc1)NC(=O)CNC(=O)CNC(=O)CCCCCN1C(=O)C=CC1=O)CC3. The first kappa shape index (κ1) is 62.3. The highest BCUT2D eigenvalue weighted by molar-refractivity contribution is 6.12. The van der Waals surface area contributed by atoms with Gasteiger partial charge in [-0.25, -0.2) is 14.2 Å². The molecule has 2 aromatic heterocycles. The lowest BCUT2D eigenvalue weighted by Gasteiger charge is -2.31. The van der Waals surface area contributed by atoms with Crippen LogP contribution in [0.25, 0.3) is 22.3 Å². The van der Waals surface area contributed by atoms with E-state index in [1.54, 1.807) is 71.0 Å². The Morgan fingerprint density at radius 1 is 0.800 bits per heavy atom. The number of unbranched alkanes of at least 4 members (excludes halogenated alkanes) is 2. The maximum absolute atomic E-state index is 15.6. The number of fused-ring (bicyclic) bond motifs is 5. The molecule has 8 rings (SSSR count). The smallest absolute Gasteiger partial charge is 0.343 e. The highest BCUT2D eigenvalue weighted by Crippen LogP contribution is 2.46. The van der Waals surface area contributed by atoms with Crippen molar-refractivity contribution in [1.82, 2.24) is 51.7 Å². The van der Waals surface area contributed by atoms with Crippen molar-refractivity contribution in [3.8, 4) is 11.4 Å². The van der Waals surface area contributed by atoms with Gasteiger partial charge in [-0.05, 0) is 94.5 Å². The van der Waals surface area contributed by atoms with E-state index in [1.165, 1.54) is 22.8 Å². The zero-order chi connectivity index (χ0) is 61.3. The number of halogens is 1. The highest BCUT2D eigenvalue weighted by atomic mass is 19.1. The fraction of sp³-hybridized carbons (Fsp3) is 0.467. The summed E-state index contributed by atoms with van der Waals surface area (Å²) in [5, 5.41) is 30.6. The van der Waals surface area contributed by atoms with E-state index in [0.717, 1.165) is 4.90 Å². The normalized spacial score (nSPS) is 17.2. The molecule has 3 aliphatic heterocycles. The van der Waals surface area contributed by atoms with E-state index in [4.69, 9.17) is 14.5 Å². The molecule has 0 saturated carbocycles. The highest BCUT2D eigenvalue weighted by Gasteiger charge is 2.46. The minimum atomic E-state index is -2.08. The van der Waals surface area contributed by atoms with Gasteiger partial charge in [0, 0.05) is 67.1 Å². The van der Waals surface area contributed by atoms with Crippen LogP contribution in [-0.2, 0) is 89.0 Å². The molecule has 452 valence electrons. The minimum absolute atomic E-state index is 0.00524. The number of esters is 1. The summed E-state index contributed by atoms with van der Waals surface area (Å²) in [4.78, 5) is 149. The lowest BCUT2D eigenvalue weighted by Crippen LogP contribution is -2.52. The number of aliphatic hydroxyl groups is 1. The number of carbonyl (C=O) groups excluding carboxylic acids is 10. The van der Waals surface area contributed by atoms with Crippen molar-refractivity contribution in [2.24, 2.45) is 0 Å². The fourth-order valence-corrected chi connectivity index (χ4v) is 10.8. The van der Waals surface area contributed by atoms with Crippen LogP contribution in [0.15, 0.2) is 59.4 Å². The van der Waals surface area contributed by atoms with E-state index in [2.05, 4.69) is 37.2 Å². The molecule has 24 nitrogen and oxygen atoms in total. The Bertz CT molecular complexity index is 3410. The van der Waals surface area contributed by atoms with Crippen molar-refractivity contribution in [3.05, 3.63) is 110 Å². The van der Waals surface area contributed by atoms with Crippen molar-refractivity contribution in [2.75, 3.05) is 39.3 Å². The van der Waals surface area contributed by atoms with Crippen LogP contribution in [0, 0.1) is 12.7 Å². The van der Waals surface area contributed by atoms with E-state index in [9.17, 15) is 57.8 Å². The van der Waals surface area contributed by atoms with Gasteiger partial charge in [-0.1, -0.05) is 43.7 Å². The summed E-state index contributed by atoms with van der Waals surface area (Å²) in [6.07, 6.45) is 4.71. The van der Waals surface area contributed by atoms with Crippen molar-refractivity contribution in [3.63, 3.8) is 0 Å². The second-order valence-corrected chi connectivity index (χ2v) is 22.5. The van der Waals surface area contributed by atoms with Crippen molar-refractivity contribution in [2.45, 2.75) is 141 Å². The number of imide groups is 1. The second-order valence-electron chi connectivity index (χ2n) is 22.5. The van der Waals surface area contributed by atoms with Crippen LogP contribution in [0.4, 0.5) is 4.39 Å². The summed E-state index contributed by atoms with van der Waals surface area (Å²) in [7, 11) is 0. The molecule has 0 fully saturated rings. The largest absolute Gasteiger partial charge is 0.458 e.